The summed E-state index contributed by atoms with van der Waals surface area (Å²) in [5, 5.41) is 7.56. The number of hydrogen-bond acceptors (Lipinski definition) is 3. The quantitative estimate of drug-likeness (QED) is 0.698. The third kappa shape index (κ3) is 4.15. The van der Waals surface area contributed by atoms with Crippen molar-refractivity contribution in [3.63, 3.8) is 0 Å². The van der Waals surface area contributed by atoms with Crippen LogP contribution < -0.4 is 10.1 Å². The van der Waals surface area contributed by atoms with E-state index in [0.717, 1.165) is 34.6 Å². The Morgan fingerprint density at radius 1 is 1.20 bits per heavy atom. The first kappa shape index (κ1) is 19.9. The molecular weight excluding hydrogens is 383 g/mol. The highest BCUT2D eigenvalue weighted by atomic mass is 19.1. The van der Waals surface area contributed by atoms with E-state index in [1.54, 1.807) is 17.0 Å². The molecule has 0 unspecified atom stereocenters. The van der Waals surface area contributed by atoms with Crippen molar-refractivity contribution in [2.24, 2.45) is 7.05 Å². The summed E-state index contributed by atoms with van der Waals surface area (Å²) in [6.45, 7) is 5.37. The van der Waals surface area contributed by atoms with Crippen LogP contribution in [0.1, 0.15) is 28.1 Å². The van der Waals surface area contributed by atoms with Crippen molar-refractivity contribution in [3.05, 3.63) is 76.4 Å². The monoisotopic (exact) mass is 408 g/mol. The summed E-state index contributed by atoms with van der Waals surface area (Å²) in [4.78, 5) is 14.6. The molecule has 1 aromatic heterocycles. The van der Waals surface area contributed by atoms with Crippen molar-refractivity contribution in [1.29, 1.82) is 0 Å². The molecule has 0 saturated carbocycles. The van der Waals surface area contributed by atoms with Gasteiger partial charge in [0.2, 0.25) is 0 Å². The van der Waals surface area contributed by atoms with Crippen LogP contribution in [0.3, 0.4) is 0 Å². The predicted molar refractivity (Wildman–Crippen MR) is 113 cm³/mol. The van der Waals surface area contributed by atoms with Gasteiger partial charge in [-0.05, 0) is 49.2 Å². The van der Waals surface area contributed by atoms with E-state index in [-0.39, 0.29) is 18.5 Å². The molecule has 1 aliphatic rings. The van der Waals surface area contributed by atoms with Crippen molar-refractivity contribution in [2.45, 2.75) is 33.4 Å². The van der Waals surface area contributed by atoms with Gasteiger partial charge in [0.25, 0.3) is 0 Å². The largest absolute Gasteiger partial charge is 0.487 e. The Hall–Kier alpha value is -3.35. The van der Waals surface area contributed by atoms with E-state index < -0.39 is 0 Å². The maximum Gasteiger partial charge on any atom is 0.322 e. The Morgan fingerprint density at radius 2 is 2.03 bits per heavy atom. The molecule has 1 N–H and O–H groups in total. The van der Waals surface area contributed by atoms with E-state index in [1.807, 2.05) is 43.8 Å². The number of hydrogen-bond donors (Lipinski definition) is 1. The Labute approximate surface area is 175 Å². The minimum Gasteiger partial charge on any atom is -0.487 e. The number of nitrogens with one attached hydrogen (secondary N) is 1. The van der Waals surface area contributed by atoms with E-state index in [2.05, 4.69) is 10.4 Å². The van der Waals surface area contributed by atoms with Crippen molar-refractivity contribution >= 4 is 11.7 Å². The van der Waals surface area contributed by atoms with Crippen LogP contribution >= 0.6 is 0 Å². The van der Waals surface area contributed by atoms with Gasteiger partial charge in [0, 0.05) is 43.0 Å². The minimum atomic E-state index is -0.343. The first-order valence-electron chi connectivity index (χ1n) is 9.96. The third-order valence-corrected chi connectivity index (χ3v) is 5.54. The summed E-state index contributed by atoms with van der Waals surface area (Å²) in [6, 6.07) is 11.8. The number of amides is 2. The maximum absolute atomic E-state index is 13.4. The molecule has 30 heavy (non-hydrogen) atoms. The molecule has 4 rings (SSSR count). The number of nitrogens with zero attached hydrogens (tertiary/aromatic N) is 3. The fourth-order valence-electron chi connectivity index (χ4n) is 3.69. The summed E-state index contributed by atoms with van der Waals surface area (Å²) in [5.41, 5.74) is 5.97. The molecule has 2 amide bonds. The lowest BCUT2D eigenvalue weighted by Crippen LogP contribution is -2.39. The van der Waals surface area contributed by atoms with Crippen molar-refractivity contribution in [3.8, 4) is 5.75 Å². The van der Waals surface area contributed by atoms with Gasteiger partial charge < -0.3 is 15.0 Å². The lowest BCUT2D eigenvalue weighted by molar-refractivity contribution is 0.205. The molecule has 156 valence electrons. The standard InChI is InChI=1S/C23H25FN4O2/c1-15-7-8-18(11-16(15)2)25-23(29)28-10-9-22-20(13-28)21(26-27(22)3)14-30-19-6-4-5-17(24)12-19/h4-8,11-12H,9-10,13-14H2,1-3H3,(H,25,29). The normalized spacial score (nSPS) is 13.1. The van der Waals surface area contributed by atoms with E-state index in [1.165, 1.54) is 17.7 Å². The zero-order valence-electron chi connectivity index (χ0n) is 17.4. The smallest absolute Gasteiger partial charge is 0.322 e. The number of halogens is 1. The van der Waals surface area contributed by atoms with Gasteiger partial charge in [-0.1, -0.05) is 12.1 Å². The van der Waals surface area contributed by atoms with E-state index >= 15 is 0 Å². The molecule has 3 aromatic rings. The second-order valence-corrected chi connectivity index (χ2v) is 7.64. The van der Waals surface area contributed by atoms with Crippen LogP contribution in [0.15, 0.2) is 42.5 Å². The molecule has 0 aliphatic carbocycles. The van der Waals surface area contributed by atoms with Crippen LogP contribution in [0.4, 0.5) is 14.9 Å². The highest BCUT2D eigenvalue weighted by Crippen LogP contribution is 2.25. The van der Waals surface area contributed by atoms with Crippen molar-refractivity contribution in [1.82, 2.24) is 14.7 Å². The molecule has 0 saturated heterocycles. The van der Waals surface area contributed by atoms with Crippen LogP contribution in [0.5, 0.6) is 5.75 Å². The number of benzene rings is 2. The topological polar surface area (TPSA) is 59.4 Å². The van der Waals surface area contributed by atoms with Gasteiger partial charge in [-0.3, -0.25) is 4.68 Å². The number of aryl methyl sites for hydroxylation is 3. The van der Waals surface area contributed by atoms with Gasteiger partial charge in [0.15, 0.2) is 0 Å². The predicted octanol–water partition coefficient (Wildman–Crippen LogP) is 4.35. The number of anilines is 1. The van der Waals surface area contributed by atoms with Crippen LogP contribution in [-0.4, -0.2) is 27.3 Å². The fourth-order valence-corrected chi connectivity index (χ4v) is 3.69. The molecule has 2 heterocycles. The number of urea groups is 1. The van der Waals surface area contributed by atoms with Gasteiger partial charge >= 0.3 is 6.03 Å². The second kappa shape index (κ2) is 8.18. The average Bonchev–Trinajstić information content (AvgIpc) is 3.04. The molecule has 1 aliphatic heterocycles. The van der Waals surface area contributed by atoms with Crippen molar-refractivity contribution < 1.29 is 13.9 Å². The fraction of sp³-hybridized carbons (Fsp3) is 0.304. The Balaban J connectivity index is 1.47. The number of ether oxygens (including phenoxy) is 1. The van der Waals surface area contributed by atoms with Crippen molar-refractivity contribution in [2.75, 3.05) is 11.9 Å². The summed E-state index contributed by atoms with van der Waals surface area (Å²) in [7, 11) is 1.90. The zero-order chi connectivity index (χ0) is 21.3. The summed E-state index contributed by atoms with van der Waals surface area (Å²) in [5.74, 6) is 0.110. The highest BCUT2D eigenvalue weighted by Gasteiger charge is 2.27. The first-order valence-corrected chi connectivity index (χ1v) is 9.96. The maximum atomic E-state index is 13.4. The average molecular weight is 408 g/mol. The third-order valence-electron chi connectivity index (χ3n) is 5.54. The molecule has 2 aromatic carbocycles. The number of carbonyl (C=O) groups is 1. The first-order chi connectivity index (χ1) is 14.4. The SMILES string of the molecule is Cc1ccc(NC(=O)N2CCc3c(c(COc4cccc(F)c4)nn3C)C2)cc1C. The summed E-state index contributed by atoms with van der Waals surface area (Å²) in [6.07, 6.45) is 0.721. The van der Waals surface area contributed by atoms with Gasteiger partial charge in [-0.2, -0.15) is 5.10 Å². The molecule has 0 bridgehead atoms. The molecule has 0 spiro atoms. The highest BCUT2D eigenvalue weighted by molar-refractivity contribution is 5.89. The van der Waals surface area contributed by atoms with Gasteiger partial charge in [-0.15, -0.1) is 0 Å². The molecule has 7 heteroatoms. The molecule has 0 atom stereocenters. The molecule has 0 fully saturated rings. The zero-order valence-corrected chi connectivity index (χ0v) is 17.4. The number of aromatic nitrogens is 2. The van der Waals surface area contributed by atoms with Crippen LogP contribution in [-0.2, 0) is 26.6 Å². The number of fused-ring (bicyclic) bond motifs is 1. The Bertz CT molecular complexity index is 1090. The summed E-state index contributed by atoms with van der Waals surface area (Å²) < 4.78 is 21.0. The summed E-state index contributed by atoms with van der Waals surface area (Å²) >= 11 is 0. The molecular formula is C23H25FN4O2. The van der Waals surface area contributed by atoms with Gasteiger partial charge in [-0.25, -0.2) is 9.18 Å². The van der Waals surface area contributed by atoms with Gasteiger partial charge in [0.1, 0.15) is 23.9 Å². The Kier molecular flexibility index (Phi) is 5.44. The van der Waals surface area contributed by atoms with Crippen LogP contribution in [0.2, 0.25) is 0 Å². The lowest BCUT2D eigenvalue weighted by Gasteiger charge is -2.28. The van der Waals surface area contributed by atoms with Crippen LogP contribution in [0, 0.1) is 19.7 Å². The van der Waals surface area contributed by atoms with Crippen LogP contribution in [0.25, 0.3) is 0 Å². The van der Waals surface area contributed by atoms with E-state index in [0.29, 0.717) is 18.8 Å². The Morgan fingerprint density at radius 3 is 2.80 bits per heavy atom. The van der Waals surface area contributed by atoms with E-state index in [9.17, 15) is 9.18 Å². The molecule has 0 radical (unpaired) electrons. The molecule has 6 nitrogen and oxygen atoms in total. The number of carbonyl (C=O) groups excluding carboxylic acids is 1. The lowest BCUT2D eigenvalue weighted by atomic mass is 10.1. The number of rotatable bonds is 4. The van der Waals surface area contributed by atoms with Gasteiger partial charge in [0.05, 0.1) is 6.54 Å². The second-order valence-electron chi connectivity index (χ2n) is 7.64. The van der Waals surface area contributed by atoms with E-state index in [4.69, 9.17) is 4.74 Å². The minimum absolute atomic E-state index is 0.134.